The van der Waals surface area contributed by atoms with E-state index in [2.05, 4.69) is 17.2 Å². The first-order chi connectivity index (χ1) is 10.2. The second-order valence-corrected chi connectivity index (χ2v) is 4.91. The van der Waals surface area contributed by atoms with E-state index in [9.17, 15) is 9.18 Å². The molecule has 110 valence electrons. The van der Waals surface area contributed by atoms with Crippen LogP contribution in [-0.4, -0.2) is 17.4 Å². The Morgan fingerprint density at radius 1 is 1.24 bits per heavy atom. The average molecular weight is 286 g/mol. The van der Waals surface area contributed by atoms with Crippen LogP contribution in [0.15, 0.2) is 42.6 Å². The summed E-state index contributed by atoms with van der Waals surface area (Å²) >= 11 is 0. The molecule has 0 spiro atoms. The first-order valence-corrected chi connectivity index (χ1v) is 7.21. The Kier molecular flexibility index (Phi) is 5.43. The molecule has 1 N–H and O–H groups in total. The Morgan fingerprint density at radius 3 is 2.76 bits per heavy atom. The molecule has 0 radical (unpaired) electrons. The summed E-state index contributed by atoms with van der Waals surface area (Å²) in [6.07, 6.45) is 4.74. The quantitative estimate of drug-likeness (QED) is 0.820. The Morgan fingerprint density at radius 2 is 2.10 bits per heavy atom. The summed E-state index contributed by atoms with van der Waals surface area (Å²) < 4.78 is 13.2. The first-order valence-electron chi connectivity index (χ1n) is 7.21. The highest BCUT2D eigenvalue weighted by molar-refractivity contribution is 5.94. The van der Waals surface area contributed by atoms with Crippen molar-refractivity contribution in [3.63, 3.8) is 0 Å². The molecule has 0 aliphatic heterocycles. The zero-order valence-corrected chi connectivity index (χ0v) is 12.1. The molecular formula is C17H19FN2O. The van der Waals surface area contributed by atoms with E-state index in [0.29, 0.717) is 23.4 Å². The SMILES string of the molecule is CCCCCNC(=O)c1ccc(-c2cccc(F)c2)nc1. The standard InChI is InChI=1S/C17H19FN2O/c1-2-3-4-10-19-17(21)14-8-9-16(20-12-14)13-6-5-7-15(18)11-13/h5-9,11-12H,2-4,10H2,1H3,(H,19,21). The van der Waals surface area contributed by atoms with Gasteiger partial charge in [0.15, 0.2) is 0 Å². The Bertz CT molecular complexity index is 596. The van der Waals surface area contributed by atoms with Crippen LogP contribution < -0.4 is 5.32 Å². The van der Waals surface area contributed by atoms with Crippen LogP contribution in [0, 0.1) is 5.82 Å². The van der Waals surface area contributed by atoms with Crippen molar-refractivity contribution < 1.29 is 9.18 Å². The molecule has 1 amide bonds. The number of halogens is 1. The van der Waals surface area contributed by atoms with Crippen molar-refractivity contribution in [3.8, 4) is 11.3 Å². The molecule has 0 fully saturated rings. The molecule has 0 atom stereocenters. The van der Waals surface area contributed by atoms with Gasteiger partial charge >= 0.3 is 0 Å². The maximum Gasteiger partial charge on any atom is 0.252 e. The lowest BCUT2D eigenvalue weighted by molar-refractivity contribution is 0.0952. The molecule has 1 heterocycles. The van der Waals surface area contributed by atoms with Crippen LogP contribution in [0.5, 0.6) is 0 Å². The van der Waals surface area contributed by atoms with Gasteiger partial charge in [0.25, 0.3) is 5.91 Å². The van der Waals surface area contributed by atoms with Gasteiger partial charge in [-0.2, -0.15) is 0 Å². The number of aromatic nitrogens is 1. The fourth-order valence-electron chi connectivity index (χ4n) is 2.03. The molecule has 2 aromatic rings. The van der Waals surface area contributed by atoms with E-state index >= 15 is 0 Å². The molecule has 0 bridgehead atoms. The van der Waals surface area contributed by atoms with Gasteiger partial charge in [0, 0.05) is 18.3 Å². The van der Waals surface area contributed by atoms with Crippen LogP contribution in [0.3, 0.4) is 0 Å². The highest BCUT2D eigenvalue weighted by Crippen LogP contribution is 2.17. The van der Waals surface area contributed by atoms with E-state index in [1.54, 1.807) is 24.3 Å². The molecule has 21 heavy (non-hydrogen) atoms. The summed E-state index contributed by atoms with van der Waals surface area (Å²) in [6.45, 7) is 2.80. The number of pyridine rings is 1. The fourth-order valence-corrected chi connectivity index (χ4v) is 2.03. The van der Waals surface area contributed by atoms with Crippen LogP contribution in [0.2, 0.25) is 0 Å². The van der Waals surface area contributed by atoms with E-state index in [1.807, 2.05) is 0 Å². The number of unbranched alkanes of at least 4 members (excludes halogenated alkanes) is 2. The van der Waals surface area contributed by atoms with Crippen LogP contribution in [-0.2, 0) is 0 Å². The minimum Gasteiger partial charge on any atom is -0.352 e. The molecule has 0 aliphatic rings. The third kappa shape index (κ3) is 4.38. The highest BCUT2D eigenvalue weighted by Gasteiger charge is 2.06. The van der Waals surface area contributed by atoms with Gasteiger partial charge in [-0.25, -0.2) is 4.39 Å². The molecule has 1 aromatic heterocycles. The molecule has 0 saturated carbocycles. The van der Waals surface area contributed by atoms with Crippen molar-refractivity contribution in [1.29, 1.82) is 0 Å². The van der Waals surface area contributed by atoms with E-state index in [0.717, 1.165) is 19.3 Å². The fraction of sp³-hybridized carbons (Fsp3) is 0.294. The van der Waals surface area contributed by atoms with Crippen LogP contribution >= 0.6 is 0 Å². The minimum absolute atomic E-state index is 0.121. The number of carbonyl (C=O) groups is 1. The van der Waals surface area contributed by atoms with Gasteiger partial charge in [0.1, 0.15) is 5.82 Å². The van der Waals surface area contributed by atoms with Crippen LogP contribution in [0.1, 0.15) is 36.5 Å². The molecule has 1 aromatic carbocycles. The van der Waals surface area contributed by atoms with E-state index in [-0.39, 0.29) is 11.7 Å². The lowest BCUT2D eigenvalue weighted by atomic mass is 10.1. The maximum atomic E-state index is 13.2. The number of carbonyl (C=O) groups excluding carboxylic acids is 1. The largest absolute Gasteiger partial charge is 0.352 e. The predicted octanol–water partition coefficient (Wildman–Crippen LogP) is 3.81. The maximum absolute atomic E-state index is 13.2. The molecule has 0 unspecified atom stereocenters. The molecule has 0 saturated heterocycles. The smallest absolute Gasteiger partial charge is 0.252 e. The molecular weight excluding hydrogens is 267 g/mol. The second-order valence-electron chi connectivity index (χ2n) is 4.91. The van der Waals surface area contributed by atoms with Gasteiger partial charge in [0.2, 0.25) is 0 Å². The summed E-state index contributed by atoms with van der Waals surface area (Å²) in [7, 11) is 0. The first kappa shape index (κ1) is 15.2. The van der Waals surface area contributed by atoms with Crippen LogP contribution in [0.25, 0.3) is 11.3 Å². The molecule has 0 aliphatic carbocycles. The number of nitrogens with zero attached hydrogens (tertiary/aromatic N) is 1. The highest BCUT2D eigenvalue weighted by atomic mass is 19.1. The van der Waals surface area contributed by atoms with Gasteiger partial charge in [-0.3, -0.25) is 9.78 Å². The van der Waals surface area contributed by atoms with Gasteiger partial charge in [-0.1, -0.05) is 31.9 Å². The van der Waals surface area contributed by atoms with Crippen molar-refractivity contribution in [2.45, 2.75) is 26.2 Å². The average Bonchev–Trinajstić information content (AvgIpc) is 2.51. The van der Waals surface area contributed by atoms with Gasteiger partial charge in [0.05, 0.1) is 11.3 Å². The van der Waals surface area contributed by atoms with Crippen molar-refractivity contribution in [3.05, 3.63) is 54.0 Å². The topological polar surface area (TPSA) is 42.0 Å². The monoisotopic (exact) mass is 286 g/mol. The minimum atomic E-state index is -0.299. The number of nitrogens with one attached hydrogen (secondary N) is 1. The third-order valence-electron chi connectivity index (χ3n) is 3.21. The molecule has 4 heteroatoms. The van der Waals surface area contributed by atoms with Gasteiger partial charge in [-0.05, 0) is 30.7 Å². The van der Waals surface area contributed by atoms with Gasteiger partial charge < -0.3 is 5.32 Å². The van der Waals surface area contributed by atoms with Crippen molar-refractivity contribution >= 4 is 5.91 Å². The Balaban J connectivity index is 2.00. The summed E-state index contributed by atoms with van der Waals surface area (Å²) in [5.74, 6) is -0.420. The van der Waals surface area contributed by atoms with Crippen molar-refractivity contribution in [2.24, 2.45) is 0 Å². The predicted molar refractivity (Wildman–Crippen MR) is 81.5 cm³/mol. The summed E-state index contributed by atoms with van der Waals surface area (Å²) in [4.78, 5) is 16.1. The normalized spacial score (nSPS) is 10.4. The van der Waals surface area contributed by atoms with Crippen molar-refractivity contribution in [1.82, 2.24) is 10.3 Å². The number of hydrogen-bond donors (Lipinski definition) is 1. The lowest BCUT2D eigenvalue weighted by Gasteiger charge is -2.06. The Labute approximate surface area is 124 Å². The zero-order chi connectivity index (χ0) is 15.1. The van der Waals surface area contributed by atoms with E-state index in [4.69, 9.17) is 0 Å². The van der Waals surface area contributed by atoms with Crippen LogP contribution in [0.4, 0.5) is 4.39 Å². The molecule has 3 nitrogen and oxygen atoms in total. The second kappa shape index (κ2) is 7.53. The Hall–Kier alpha value is -2.23. The lowest BCUT2D eigenvalue weighted by Crippen LogP contribution is -2.24. The van der Waals surface area contributed by atoms with E-state index < -0.39 is 0 Å². The summed E-state index contributed by atoms with van der Waals surface area (Å²) in [5.41, 5.74) is 1.87. The number of hydrogen-bond acceptors (Lipinski definition) is 2. The summed E-state index contributed by atoms with van der Waals surface area (Å²) in [6, 6.07) is 9.68. The zero-order valence-electron chi connectivity index (χ0n) is 12.1. The van der Waals surface area contributed by atoms with Crippen molar-refractivity contribution in [2.75, 3.05) is 6.54 Å². The number of rotatable bonds is 6. The summed E-state index contributed by atoms with van der Waals surface area (Å²) in [5, 5.41) is 2.86. The van der Waals surface area contributed by atoms with E-state index in [1.165, 1.54) is 18.3 Å². The number of amides is 1. The van der Waals surface area contributed by atoms with Gasteiger partial charge in [-0.15, -0.1) is 0 Å². The third-order valence-corrected chi connectivity index (χ3v) is 3.21. The number of benzene rings is 1. The molecule has 2 rings (SSSR count).